The van der Waals surface area contributed by atoms with Crippen LogP contribution in [0.1, 0.15) is 24.1 Å². The van der Waals surface area contributed by atoms with Crippen molar-refractivity contribution in [3.8, 4) is 0 Å². The fourth-order valence-electron chi connectivity index (χ4n) is 3.09. The van der Waals surface area contributed by atoms with Crippen LogP contribution < -0.4 is 10.6 Å². The first kappa shape index (κ1) is 15.1. The Bertz CT molecular complexity index is 855. The van der Waals surface area contributed by atoms with E-state index in [1.807, 2.05) is 12.3 Å². The van der Waals surface area contributed by atoms with E-state index < -0.39 is 0 Å². The molecule has 1 aromatic carbocycles. The van der Waals surface area contributed by atoms with E-state index in [-0.39, 0.29) is 11.9 Å². The molecule has 24 heavy (non-hydrogen) atoms. The Morgan fingerprint density at radius 3 is 3.00 bits per heavy atom. The van der Waals surface area contributed by atoms with Crippen LogP contribution in [0.2, 0.25) is 0 Å². The van der Waals surface area contributed by atoms with E-state index in [1.165, 1.54) is 6.07 Å². The van der Waals surface area contributed by atoms with Crippen molar-refractivity contribution in [2.75, 3.05) is 18.4 Å². The molecule has 1 atom stereocenters. The SMILES string of the molecule is CC(Cc1c[nH]c2ccc(F)cc12)Nc1nccc(C2CNC2)n1. The molecule has 3 aromatic rings. The minimum atomic E-state index is -0.214. The molecular weight excluding hydrogens is 305 g/mol. The summed E-state index contributed by atoms with van der Waals surface area (Å²) in [6, 6.07) is 6.94. The number of aromatic nitrogens is 3. The van der Waals surface area contributed by atoms with E-state index in [4.69, 9.17) is 0 Å². The first-order valence-electron chi connectivity index (χ1n) is 8.25. The van der Waals surface area contributed by atoms with Gasteiger partial charge in [0.1, 0.15) is 5.82 Å². The van der Waals surface area contributed by atoms with Crippen molar-refractivity contribution in [1.82, 2.24) is 20.3 Å². The van der Waals surface area contributed by atoms with Gasteiger partial charge in [-0.25, -0.2) is 14.4 Å². The maximum atomic E-state index is 13.5. The molecule has 0 amide bonds. The number of anilines is 1. The Kier molecular flexibility index (Phi) is 3.90. The molecule has 2 aromatic heterocycles. The van der Waals surface area contributed by atoms with Crippen molar-refractivity contribution in [3.05, 3.63) is 53.7 Å². The van der Waals surface area contributed by atoms with E-state index in [1.54, 1.807) is 18.3 Å². The van der Waals surface area contributed by atoms with Crippen LogP contribution in [0, 0.1) is 5.82 Å². The Hall–Kier alpha value is -2.47. The zero-order chi connectivity index (χ0) is 16.5. The van der Waals surface area contributed by atoms with Crippen molar-refractivity contribution in [3.63, 3.8) is 0 Å². The van der Waals surface area contributed by atoms with Gasteiger partial charge in [-0.2, -0.15) is 0 Å². The van der Waals surface area contributed by atoms with Crippen LogP contribution >= 0.6 is 0 Å². The number of hydrogen-bond acceptors (Lipinski definition) is 4. The predicted molar refractivity (Wildman–Crippen MR) is 92.7 cm³/mol. The number of fused-ring (bicyclic) bond motifs is 1. The average Bonchev–Trinajstić information content (AvgIpc) is 2.88. The largest absolute Gasteiger partial charge is 0.361 e. The third-order valence-electron chi connectivity index (χ3n) is 4.51. The second-order valence-electron chi connectivity index (χ2n) is 6.41. The molecule has 3 N–H and O–H groups in total. The maximum absolute atomic E-state index is 13.5. The Labute approximate surface area is 139 Å². The highest BCUT2D eigenvalue weighted by Crippen LogP contribution is 2.22. The molecule has 0 bridgehead atoms. The summed E-state index contributed by atoms with van der Waals surface area (Å²) in [5.74, 6) is 0.924. The quantitative estimate of drug-likeness (QED) is 0.675. The molecule has 1 fully saturated rings. The highest BCUT2D eigenvalue weighted by Gasteiger charge is 2.20. The zero-order valence-corrected chi connectivity index (χ0v) is 13.5. The molecule has 0 radical (unpaired) electrons. The minimum absolute atomic E-state index is 0.141. The molecule has 6 heteroatoms. The number of rotatable bonds is 5. The molecular formula is C18H20FN5. The lowest BCUT2D eigenvalue weighted by atomic mass is 9.99. The molecule has 1 unspecified atom stereocenters. The predicted octanol–water partition coefficient (Wildman–Crippen LogP) is 2.83. The zero-order valence-electron chi connectivity index (χ0n) is 13.5. The number of aromatic amines is 1. The second-order valence-corrected chi connectivity index (χ2v) is 6.41. The van der Waals surface area contributed by atoms with Crippen molar-refractivity contribution in [1.29, 1.82) is 0 Å². The number of benzene rings is 1. The minimum Gasteiger partial charge on any atom is -0.361 e. The van der Waals surface area contributed by atoms with Gasteiger partial charge in [-0.1, -0.05) is 0 Å². The van der Waals surface area contributed by atoms with Gasteiger partial charge in [0, 0.05) is 48.3 Å². The fraction of sp³-hybridized carbons (Fsp3) is 0.333. The fourth-order valence-corrected chi connectivity index (χ4v) is 3.09. The lowest BCUT2D eigenvalue weighted by Gasteiger charge is -2.26. The van der Waals surface area contributed by atoms with Crippen molar-refractivity contribution < 1.29 is 4.39 Å². The molecule has 0 saturated carbocycles. The van der Waals surface area contributed by atoms with Crippen LogP contribution in [0.4, 0.5) is 10.3 Å². The number of H-pyrrole nitrogens is 1. The van der Waals surface area contributed by atoms with Gasteiger partial charge in [-0.3, -0.25) is 0 Å². The molecule has 1 saturated heterocycles. The maximum Gasteiger partial charge on any atom is 0.223 e. The van der Waals surface area contributed by atoms with Crippen molar-refractivity contribution >= 4 is 16.9 Å². The number of nitrogens with zero attached hydrogens (tertiary/aromatic N) is 2. The number of halogens is 1. The third-order valence-corrected chi connectivity index (χ3v) is 4.51. The van der Waals surface area contributed by atoms with Crippen LogP contribution in [-0.2, 0) is 6.42 Å². The van der Waals surface area contributed by atoms with Crippen LogP contribution in [-0.4, -0.2) is 34.1 Å². The molecule has 1 aliphatic heterocycles. The molecule has 0 aliphatic carbocycles. The summed E-state index contributed by atoms with van der Waals surface area (Å²) in [5, 5.41) is 7.54. The summed E-state index contributed by atoms with van der Waals surface area (Å²) in [6.07, 6.45) is 4.51. The molecule has 3 heterocycles. The van der Waals surface area contributed by atoms with E-state index in [0.717, 1.165) is 41.7 Å². The lowest BCUT2D eigenvalue weighted by molar-refractivity contribution is 0.439. The van der Waals surface area contributed by atoms with Gasteiger partial charge in [0.15, 0.2) is 0 Å². The Morgan fingerprint density at radius 2 is 2.21 bits per heavy atom. The van der Waals surface area contributed by atoms with Gasteiger partial charge in [-0.15, -0.1) is 0 Å². The summed E-state index contributed by atoms with van der Waals surface area (Å²) in [5.41, 5.74) is 3.12. The Morgan fingerprint density at radius 1 is 1.33 bits per heavy atom. The second kappa shape index (κ2) is 6.20. The summed E-state index contributed by atoms with van der Waals surface area (Å²) in [4.78, 5) is 12.1. The van der Waals surface area contributed by atoms with Gasteiger partial charge < -0.3 is 15.6 Å². The molecule has 1 aliphatic rings. The Balaban J connectivity index is 1.48. The average molecular weight is 325 g/mol. The topological polar surface area (TPSA) is 65.6 Å². The van der Waals surface area contributed by atoms with Gasteiger partial charge in [-0.05, 0) is 43.2 Å². The van der Waals surface area contributed by atoms with Gasteiger partial charge >= 0.3 is 0 Å². The van der Waals surface area contributed by atoms with Crippen LogP contribution in [0.5, 0.6) is 0 Å². The summed E-state index contributed by atoms with van der Waals surface area (Å²) in [6.45, 7) is 4.04. The van der Waals surface area contributed by atoms with E-state index >= 15 is 0 Å². The van der Waals surface area contributed by atoms with E-state index in [9.17, 15) is 4.39 Å². The molecule has 124 valence electrons. The van der Waals surface area contributed by atoms with Crippen LogP contribution in [0.15, 0.2) is 36.7 Å². The van der Waals surface area contributed by atoms with Crippen LogP contribution in [0.25, 0.3) is 10.9 Å². The molecule has 0 spiro atoms. The van der Waals surface area contributed by atoms with Crippen molar-refractivity contribution in [2.24, 2.45) is 0 Å². The number of hydrogen-bond donors (Lipinski definition) is 3. The highest BCUT2D eigenvalue weighted by atomic mass is 19.1. The summed E-state index contributed by atoms with van der Waals surface area (Å²) < 4.78 is 13.5. The van der Waals surface area contributed by atoms with Gasteiger partial charge in [0.2, 0.25) is 5.95 Å². The normalized spacial score (nSPS) is 16.1. The smallest absolute Gasteiger partial charge is 0.223 e. The summed E-state index contributed by atoms with van der Waals surface area (Å²) in [7, 11) is 0. The number of nitrogens with one attached hydrogen (secondary N) is 3. The van der Waals surface area contributed by atoms with Crippen LogP contribution in [0.3, 0.4) is 0 Å². The first-order valence-corrected chi connectivity index (χ1v) is 8.25. The monoisotopic (exact) mass is 325 g/mol. The molecule has 4 rings (SSSR count). The first-order chi connectivity index (χ1) is 11.7. The van der Waals surface area contributed by atoms with Crippen molar-refractivity contribution in [2.45, 2.75) is 25.3 Å². The third kappa shape index (κ3) is 2.97. The van der Waals surface area contributed by atoms with Gasteiger partial charge in [0.25, 0.3) is 0 Å². The summed E-state index contributed by atoms with van der Waals surface area (Å²) >= 11 is 0. The standard InChI is InChI=1S/C18H20FN5/c1-11(6-12-10-22-17-3-2-14(19)7-15(12)17)23-18-21-5-4-16(24-18)13-8-20-9-13/h2-5,7,10-11,13,20,22H,6,8-9H2,1H3,(H,21,23,24). The van der Waals surface area contributed by atoms with E-state index in [0.29, 0.717) is 11.9 Å². The lowest BCUT2D eigenvalue weighted by Crippen LogP contribution is -2.40. The molecule has 5 nitrogen and oxygen atoms in total. The van der Waals surface area contributed by atoms with Gasteiger partial charge in [0.05, 0.1) is 5.69 Å². The van der Waals surface area contributed by atoms with E-state index in [2.05, 4.69) is 32.5 Å². The highest BCUT2D eigenvalue weighted by molar-refractivity contribution is 5.83.